The summed E-state index contributed by atoms with van der Waals surface area (Å²) < 4.78 is 8.18. The molecule has 170 valence electrons. The van der Waals surface area contributed by atoms with E-state index in [0.29, 0.717) is 0 Å². The smallest absolute Gasteiger partial charge is 0.124 e. The lowest BCUT2D eigenvalue weighted by Gasteiger charge is -2.23. The van der Waals surface area contributed by atoms with E-state index in [2.05, 4.69) is 59.4 Å². The van der Waals surface area contributed by atoms with Crippen LogP contribution in [-0.2, 0) is 26.7 Å². The van der Waals surface area contributed by atoms with Gasteiger partial charge < -0.3 is 9.84 Å². The maximum Gasteiger partial charge on any atom is 0.124 e. The van der Waals surface area contributed by atoms with E-state index in [1.54, 1.807) is 0 Å². The van der Waals surface area contributed by atoms with Crippen LogP contribution in [0.1, 0.15) is 56.2 Å². The summed E-state index contributed by atoms with van der Waals surface area (Å²) in [5, 5.41) is 14.5. The molecule has 2 aromatic carbocycles. The molecular weight excluding hydrogens is 398 g/mol. The minimum Gasteiger partial charge on any atom is -0.487 e. The second-order valence-electron chi connectivity index (χ2n) is 9.03. The molecule has 5 heteroatoms. The van der Waals surface area contributed by atoms with Gasteiger partial charge in [-0.1, -0.05) is 56.2 Å². The van der Waals surface area contributed by atoms with Crippen LogP contribution in [0.2, 0.25) is 0 Å². The molecule has 1 aromatic heterocycles. The lowest BCUT2D eigenvalue weighted by Crippen LogP contribution is -2.29. The number of aliphatic hydroxyl groups excluding tert-OH is 1. The molecule has 0 unspecified atom stereocenters. The van der Waals surface area contributed by atoms with Crippen molar-refractivity contribution < 1.29 is 9.84 Å². The zero-order valence-corrected chi connectivity index (χ0v) is 19.5. The molecule has 0 bridgehead atoms. The molecule has 5 nitrogen and oxygen atoms in total. The second kappa shape index (κ2) is 10.3. The van der Waals surface area contributed by atoms with Crippen LogP contribution in [0.5, 0.6) is 5.75 Å². The highest BCUT2D eigenvalue weighted by Gasteiger charge is 2.25. The summed E-state index contributed by atoms with van der Waals surface area (Å²) in [6, 6.07) is 15.1. The van der Waals surface area contributed by atoms with E-state index in [4.69, 9.17) is 4.74 Å². The van der Waals surface area contributed by atoms with Crippen LogP contribution in [0.3, 0.4) is 0 Å². The van der Waals surface area contributed by atoms with E-state index >= 15 is 0 Å². The van der Waals surface area contributed by atoms with Crippen LogP contribution >= 0.6 is 0 Å². The molecule has 0 fully saturated rings. The molecule has 1 aliphatic heterocycles. The number of aromatic nitrogens is 2. The molecule has 0 aliphatic carbocycles. The van der Waals surface area contributed by atoms with Gasteiger partial charge in [-0.25, -0.2) is 0 Å². The fraction of sp³-hybridized carbons (Fsp3) is 0.444. The summed E-state index contributed by atoms with van der Waals surface area (Å²) >= 11 is 0. The molecule has 4 rings (SSSR count). The van der Waals surface area contributed by atoms with Gasteiger partial charge in [-0.15, -0.1) is 0 Å². The standard InChI is InChI=1S/C27H35N3O2/c1-4-5-6-9-26(20(2)31)32-27-10-7-8-23-18-30(19-25(23)27)16-21-11-13-22(14-12-21)24-15-28-29(3)17-24/h7-8,10-15,17,20,26,31H,4-6,9,16,18-19H2,1-3H3/t20-,26-/m0/s1. The molecule has 1 aliphatic rings. The van der Waals surface area contributed by atoms with Crippen molar-refractivity contribution in [2.75, 3.05) is 0 Å². The molecule has 3 aromatic rings. The Bertz CT molecular complexity index is 1010. The molecule has 32 heavy (non-hydrogen) atoms. The van der Waals surface area contributed by atoms with Crippen LogP contribution in [0.15, 0.2) is 54.9 Å². The SMILES string of the molecule is CCCCC[C@H](Oc1cccc2c1CN(Cc1ccc(-c3cnn(C)c3)cc1)C2)[C@H](C)O. The summed E-state index contributed by atoms with van der Waals surface area (Å²) in [7, 11) is 1.94. The number of aliphatic hydroxyl groups is 1. The molecule has 1 N–H and O–H groups in total. The number of fused-ring (bicyclic) bond motifs is 1. The molecule has 2 atom stereocenters. The summed E-state index contributed by atoms with van der Waals surface area (Å²) in [4.78, 5) is 2.45. The first-order valence-electron chi connectivity index (χ1n) is 11.8. The van der Waals surface area contributed by atoms with Gasteiger partial charge in [-0.3, -0.25) is 9.58 Å². The Morgan fingerprint density at radius 1 is 1.06 bits per heavy atom. The van der Waals surface area contributed by atoms with Crippen molar-refractivity contribution >= 4 is 0 Å². The van der Waals surface area contributed by atoms with E-state index in [0.717, 1.165) is 43.8 Å². The zero-order valence-electron chi connectivity index (χ0n) is 19.5. The first-order chi connectivity index (χ1) is 15.5. The summed E-state index contributed by atoms with van der Waals surface area (Å²) in [6.45, 7) is 6.73. The van der Waals surface area contributed by atoms with Gasteiger partial charge in [-0.05, 0) is 42.5 Å². The van der Waals surface area contributed by atoms with Gasteiger partial charge in [0.05, 0.1) is 12.3 Å². The number of benzene rings is 2. The zero-order chi connectivity index (χ0) is 22.5. The highest BCUT2D eigenvalue weighted by molar-refractivity contribution is 5.61. The highest BCUT2D eigenvalue weighted by atomic mass is 16.5. The molecule has 0 spiro atoms. The number of ether oxygens (including phenoxy) is 1. The van der Waals surface area contributed by atoms with Gasteiger partial charge in [0.15, 0.2) is 0 Å². The second-order valence-corrected chi connectivity index (χ2v) is 9.03. The summed E-state index contributed by atoms with van der Waals surface area (Å²) in [6.07, 6.45) is 7.64. The lowest BCUT2D eigenvalue weighted by atomic mass is 10.1. The number of aryl methyl sites for hydroxylation is 1. The van der Waals surface area contributed by atoms with Gasteiger partial charge in [0.1, 0.15) is 11.9 Å². The van der Waals surface area contributed by atoms with Crippen LogP contribution < -0.4 is 4.74 Å². The van der Waals surface area contributed by atoms with Gasteiger partial charge in [0.25, 0.3) is 0 Å². The van der Waals surface area contributed by atoms with Gasteiger partial charge in [-0.2, -0.15) is 5.10 Å². The third-order valence-electron chi connectivity index (χ3n) is 6.31. The predicted molar refractivity (Wildman–Crippen MR) is 128 cm³/mol. The molecule has 0 amide bonds. The van der Waals surface area contributed by atoms with Crippen molar-refractivity contribution in [3.63, 3.8) is 0 Å². The third-order valence-corrected chi connectivity index (χ3v) is 6.31. The lowest BCUT2D eigenvalue weighted by molar-refractivity contribution is 0.0410. The largest absolute Gasteiger partial charge is 0.487 e. The van der Waals surface area contributed by atoms with Crippen molar-refractivity contribution in [3.05, 3.63) is 71.5 Å². The molecular formula is C27H35N3O2. The van der Waals surface area contributed by atoms with E-state index in [-0.39, 0.29) is 6.10 Å². The average Bonchev–Trinajstić information content (AvgIpc) is 3.40. The average molecular weight is 434 g/mol. The van der Waals surface area contributed by atoms with Gasteiger partial charge in [0.2, 0.25) is 0 Å². The Morgan fingerprint density at radius 2 is 1.88 bits per heavy atom. The Hall–Kier alpha value is -2.63. The van der Waals surface area contributed by atoms with Crippen LogP contribution in [0, 0.1) is 0 Å². The van der Waals surface area contributed by atoms with Crippen molar-refractivity contribution in [2.24, 2.45) is 7.05 Å². The van der Waals surface area contributed by atoms with Crippen molar-refractivity contribution in [1.82, 2.24) is 14.7 Å². The van der Waals surface area contributed by atoms with Crippen molar-refractivity contribution in [1.29, 1.82) is 0 Å². The quantitative estimate of drug-likeness (QED) is 0.440. The topological polar surface area (TPSA) is 50.5 Å². The monoisotopic (exact) mass is 433 g/mol. The third kappa shape index (κ3) is 5.40. The van der Waals surface area contributed by atoms with Gasteiger partial charge >= 0.3 is 0 Å². The number of hydrogen-bond acceptors (Lipinski definition) is 4. The minimum absolute atomic E-state index is 0.151. The number of unbranched alkanes of at least 4 members (excludes halogenated alkanes) is 2. The Balaban J connectivity index is 1.40. The van der Waals surface area contributed by atoms with Gasteiger partial charge in [0, 0.05) is 44.0 Å². The maximum atomic E-state index is 10.2. The van der Waals surface area contributed by atoms with Crippen molar-refractivity contribution in [2.45, 2.75) is 71.4 Å². The molecule has 0 saturated heterocycles. The predicted octanol–water partition coefficient (Wildman–Crippen LogP) is 5.31. The van der Waals surface area contributed by atoms with Crippen LogP contribution in [0.4, 0.5) is 0 Å². The Morgan fingerprint density at radius 3 is 2.56 bits per heavy atom. The van der Waals surface area contributed by atoms with Crippen LogP contribution in [0.25, 0.3) is 11.1 Å². The molecule has 0 radical (unpaired) electrons. The summed E-state index contributed by atoms with van der Waals surface area (Å²) in [5.41, 5.74) is 6.22. The molecule has 2 heterocycles. The van der Waals surface area contributed by atoms with Crippen LogP contribution in [-0.4, -0.2) is 32.0 Å². The number of hydrogen-bond donors (Lipinski definition) is 1. The minimum atomic E-state index is -0.474. The highest BCUT2D eigenvalue weighted by Crippen LogP contribution is 2.33. The first kappa shape index (κ1) is 22.6. The van der Waals surface area contributed by atoms with E-state index in [1.165, 1.54) is 35.1 Å². The normalized spacial score (nSPS) is 15.5. The fourth-order valence-electron chi connectivity index (χ4n) is 4.47. The van der Waals surface area contributed by atoms with Crippen molar-refractivity contribution in [3.8, 4) is 16.9 Å². The maximum absolute atomic E-state index is 10.2. The Kier molecular flexibility index (Phi) is 7.28. The fourth-order valence-corrected chi connectivity index (χ4v) is 4.47. The number of rotatable bonds is 10. The summed E-state index contributed by atoms with van der Waals surface area (Å²) in [5.74, 6) is 0.930. The first-order valence-corrected chi connectivity index (χ1v) is 11.8. The Labute approximate surface area is 191 Å². The van der Waals surface area contributed by atoms with E-state index in [1.807, 2.05) is 31.0 Å². The van der Waals surface area contributed by atoms with E-state index in [9.17, 15) is 5.11 Å². The molecule has 0 saturated carbocycles. The van der Waals surface area contributed by atoms with E-state index < -0.39 is 6.10 Å². The number of nitrogens with zero attached hydrogens (tertiary/aromatic N) is 3.